The average molecular weight is 198 g/mol. The average Bonchev–Trinajstić information content (AvgIpc) is 2.43. The highest BCUT2D eigenvalue weighted by Crippen LogP contribution is 2.17. The fourth-order valence-corrected chi connectivity index (χ4v) is 2.27. The Morgan fingerprint density at radius 1 is 1.07 bits per heavy atom. The third kappa shape index (κ3) is 4.97. The molecule has 1 atom stereocenters. The van der Waals surface area contributed by atoms with Gasteiger partial charge in [0, 0.05) is 6.04 Å². The first-order chi connectivity index (χ1) is 6.83. The van der Waals surface area contributed by atoms with E-state index in [1.807, 2.05) is 7.05 Å². The van der Waals surface area contributed by atoms with E-state index in [0.717, 1.165) is 18.5 Å². The maximum Gasteiger partial charge on any atom is 0.00671 e. The summed E-state index contributed by atoms with van der Waals surface area (Å²) in [5.74, 6) is 0.753. The zero-order valence-corrected chi connectivity index (χ0v) is 9.81. The van der Waals surface area contributed by atoms with Gasteiger partial charge in [0.1, 0.15) is 0 Å². The molecule has 1 saturated carbocycles. The van der Waals surface area contributed by atoms with Gasteiger partial charge in [-0.25, -0.2) is 0 Å². The summed E-state index contributed by atoms with van der Waals surface area (Å²) < 4.78 is 0. The summed E-state index contributed by atoms with van der Waals surface area (Å²) in [6, 6.07) is 0.803. The van der Waals surface area contributed by atoms with E-state index in [0.29, 0.717) is 0 Å². The fourth-order valence-electron chi connectivity index (χ4n) is 2.27. The van der Waals surface area contributed by atoms with Crippen molar-refractivity contribution in [3.8, 4) is 0 Å². The van der Waals surface area contributed by atoms with Gasteiger partial charge in [0.05, 0.1) is 0 Å². The number of hydrogen-bond donors (Lipinski definition) is 2. The van der Waals surface area contributed by atoms with Crippen molar-refractivity contribution in [1.29, 1.82) is 0 Å². The lowest BCUT2D eigenvalue weighted by Gasteiger charge is -2.19. The van der Waals surface area contributed by atoms with Crippen LogP contribution in [0.5, 0.6) is 0 Å². The molecule has 0 heterocycles. The molecule has 0 aromatic rings. The van der Waals surface area contributed by atoms with Gasteiger partial charge in [-0.05, 0) is 38.9 Å². The summed E-state index contributed by atoms with van der Waals surface area (Å²) in [4.78, 5) is 0. The molecule has 0 amide bonds. The monoisotopic (exact) mass is 198 g/mol. The molecule has 1 aliphatic carbocycles. The van der Waals surface area contributed by atoms with Crippen molar-refractivity contribution in [1.82, 2.24) is 10.6 Å². The van der Waals surface area contributed by atoms with Gasteiger partial charge in [-0.3, -0.25) is 0 Å². The van der Waals surface area contributed by atoms with Crippen molar-refractivity contribution in [2.75, 3.05) is 20.1 Å². The topological polar surface area (TPSA) is 24.1 Å². The van der Waals surface area contributed by atoms with E-state index in [1.165, 1.54) is 45.1 Å². The highest BCUT2D eigenvalue weighted by Gasteiger charge is 2.12. The van der Waals surface area contributed by atoms with Crippen LogP contribution in [0.1, 0.15) is 45.4 Å². The summed E-state index contributed by atoms with van der Waals surface area (Å²) in [6.45, 7) is 4.60. The Hall–Kier alpha value is -0.0800. The van der Waals surface area contributed by atoms with Crippen LogP contribution in [-0.4, -0.2) is 26.2 Å². The molecule has 0 aromatic heterocycles. The van der Waals surface area contributed by atoms with Gasteiger partial charge in [-0.15, -0.1) is 0 Å². The minimum atomic E-state index is 0.753. The molecule has 14 heavy (non-hydrogen) atoms. The predicted molar refractivity (Wildman–Crippen MR) is 62.6 cm³/mol. The van der Waals surface area contributed by atoms with Crippen molar-refractivity contribution >= 4 is 0 Å². The van der Waals surface area contributed by atoms with E-state index < -0.39 is 0 Å². The van der Waals surface area contributed by atoms with E-state index in [4.69, 9.17) is 0 Å². The van der Waals surface area contributed by atoms with E-state index in [9.17, 15) is 0 Å². The van der Waals surface area contributed by atoms with E-state index >= 15 is 0 Å². The highest BCUT2D eigenvalue weighted by molar-refractivity contribution is 4.72. The zero-order chi connectivity index (χ0) is 10.2. The third-order valence-electron chi connectivity index (χ3n) is 3.16. The molecule has 2 heteroatoms. The van der Waals surface area contributed by atoms with Gasteiger partial charge in [-0.1, -0.05) is 32.6 Å². The maximum absolute atomic E-state index is 3.71. The molecular weight excluding hydrogens is 172 g/mol. The van der Waals surface area contributed by atoms with Crippen molar-refractivity contribution in [3.63, 3.8) is 0 Å². The predicted octanol–water partition coefficient (Wildman–Crippen LogP) is 2.15. The van der Waals surface area contributed by atoms with Gasteiger partial charge in [0.2, 0.25) is 0 Å². The van der Waals surface area contributed by atoms with Crippen LogP contribution in [0.25, 0.3) is 0 Å². The minimum Gasteiger partial charge on any atom is -0.319 e. The van der Waals surface area contributed by atoms with Gasteiger partial charge < -0.3 is 10.6 Å². The minimum absolute atomic E-state index is 0.753. The fraction of sp³-hybridized carbons (Fsp3) is 1.00. The molecule has 0 spiro atoms. The Kier molecular flexibility index (Phi) is 6.20. The van der Waals surface area contributed by atoms with Gasteiger partial charge >= 0.3 is 0 Å². The zero-order valence-electron chi connectivity index (χ0n) is 9.81. The summed E-state index contributed by atoms with van der Waals surface area (Å²) in [6.07, 6.45) is 8.54. The van der Waals surface area contributed by atoms with E-state index in [2.05, 4.69) is 17.6 Å². The summed E-state index contributed by atoms with van der Waals surface area (Å²) >= 11 is 0. The lowest BCUT2D eigenvalue weighted by Crippen LogP contribution is -2.35. The Morgan fingerprint density at radius 3 is 2.29 bits per heavy atom. The van der Waals surface area contributed by atoms with Crippen LogP contribution in [0.4, 0.5) is 0 Å². The van der Waals surface area contributed by atoms with Crippen LogP contribution in [-0.2, 0) is 0 Å². The molecule has 2 N–H and O–H groups in total. The van der Waals surface area contributed by atoms with Crippen LogP contribution in [0.2, 0.25) is 0 Å². The molecule has 0 radical (unpaired) electrons. The van der Waals surface area contributed by atoms with E-state index in [-0.39, 0.29) is 0 Å². The molecule has 0 bridgehead atoms. The standard InChI is InChI=1S/C12H26N2/c1-11(9-13-2)10-14-12-7-5-3-4-6-8-12/h11-14H,3-10H2,1-2H3. The Bertz CT molecular complexity index is 128. The van der Waals surface area contributed by atoms with Crippen LogP contribution in [0, 0.1) is 5.92 Å². The second-order valence-electron chi connectivity index (χ2n) is 4.76. The van der Waals surface area contributed by atoms with Gasteiger partial charge in [-0.2, -0.15) is 0 Å². The first-order valence-corrected chi connectivity index (χ1v) is 6.21. The van der Waals surface area contributed by atoms with Crippen molar-refractivity contribution in [2.45, 2.75) is 51.5 Å². The number of nitrogens with one attached hydrogen (secondary N) is 2. The molecular formula is C12H26N2. The number of rotatable bonds is 5. The van der Waals surface area contributed by atoms with Crippen molar-refractivity contribution in [2.24, 2.45) is 5.92 Å². The highest BCUT2D eigenvalue weighted by atomic mass is 14.9. The lowest BCUT2D eigenvalue weighted by molar-refractivity contribution is 0.407. The van der Waals surface area contributed by atoms with Gasteiger partial charge in [0.25, 0.3) is 0 Å². The summed E-state index contributed by atoms with van der Waals surface area (Å²) in [5, 5.41) is 6.93. The maximum atomic E-state index is 3.71. The molecule has 1 unspecified atom stereocenters. The molecule has 0 aromatic carbocycles. The molecule has 84 valence electrons. The lowest BCUT2D eigenvalue weighted by atomic mass is 10.1. The number of hydrogen-bond acceptors (Lipinski definition) is 2. The largest absolute Gasteiger partial charge is 0.319 e. The Labute approximate surface area is 88.8 Å². The van der Waals surface area contributed by atoms with E-state index in [1.54, 1.807) is 0 Å². The molecule has 0 saturated heterocycles. The first-order valence-electron chi connectivity index (χ1n) is 6.21. The van der Waals surface area contributed by atoms with Crippen LogP contribution in [0.3, 0.4) is 0 Å². The van der Waals surface area contributed by atoms with Gasteiger partial charge in [0.15, 0.2) is 0 Å². The third-order valence-corrected chi connectivity index (χ3v) is 3.16. The first kappa shape index (κ1) is 12.0. The summed E-state index contributed by atoms with van der Waals surface area (Å²) in [7, 11) is 2.03. The smallest absolute Gasteiger partial charge is 0.00671 e. The Balaban J connectivity index is 2.09. The second kappa shape index (κ2) is 7.24. The summed E-state index contributed by atoms with van der Waals surface area (Å²) in [5.41, 5.74) is 0. The normalized spacial score (nSPS) is 21.9. The van der Waals surface area contributed by atoms with Crippen LogP contribution >= 0.6 is 0 Å². The van der Waals surface area contributed by atoms with Crippen molar-refractivity contribution < 1.29 is 0 Å². The van der Waals surface area contributed by atoms with Crippen molar-refractivity contribution in [3.05, 3.63) is 0 Å². The molecule has 1 aliphatic rings. The molecule has 1 fully saturated rings. The Morgan fingerprint density at radius 2 is 1.71 bits per heavy atom. The molecule has 2 nitrogen and oxygen atoms in total. The SMILES string of the molecule is CNCC(C)CNC1CCCCCC1. The second-order valence-corrected chi connectivity index (χ2v) is 4.76. The molecule has 1 rings (SSSR count). The van der Waals surface area contributed by atoms with Crippen LogP contribution < -0.4 is 10.6 Å². The van der Waals surface area contributed by atoms with Crippen LogP contribution in [0.15, 0.2) is 0 Å². The molecule has 0 aliphatic heterocycles. The quantitative estimate of drug-likeness (QED) is 0.662.